The van der Waals surface area contributed by atoms with Gasteiger partial charge in [0, 0.05) is 16.9 Å². The molecule has 0 saturated heterocycles. The molecule has 1 aliphatic carbocycles. The fourth-order valence-electron chi connectivity index (χ4n) is 2.10. The van der Waals surface area contributed by atoms with Crippen LogP contribution in [0.15, 0.2) is 41.1 Å². The van der Waals surface area contributed by atoms with E-state index in [1.54, 1.807) is 12.4 Å². The van der Waals surface area contributed by atoms with Gasteiger partial charge in [-0.25, -0.2) is 4.98 Å². The summed E-state index contributed by atoms with van der Waals surface area (Å²) in [7, 11) is 0. The van der Waals surface area contributed by atoms with Crippen molar-refractivity contribution in [3.8, 4) is 0 Å². The van der Waals surface area contributed by atoms with E-state index in [4.69, 9.17) is 0 Å². The van der Waals surface area contributed by atoms with Crippen molar-refractivity contribution in [2.45, 2.75) is 18.3 Å². The predicted octanol–water partition coefficient (Wildman–Crippen LogP) is 2.84. The summed E-state index contributed by atoms with van der Waals surface area (Å²) >= 11 is 3.40. The van der Waals surface area contributed by atoms with Crippen LogP contribution in [0.1, 0.15) is 18.4 Å². The largest absolute Gasteiger partial charge is 0.331 e. The number of nitrogens with zero attached hydrogens (tertiary/aromatic N) is 1. The molecule has 1 amide bonds. The highest BCUT2D eigenvalue weighted by Gasteiger charge is 2.51. The van der Waals surface area contributed by atoms with Gasteiger partial charge in [-0.2, -0.15) is 0 Å². The molecule has 0 atom stereocenters. The summed E-state index contributed by atoms with van der Waals surface area (Å²) in [6.45, 7) is 0. The Balaban J connectivity index is 1.82. The lowest BCUT2D eigenvalue weighted by molar-refractivity contribution is -0.118. The Kier molecular flexibility index (Phi) is 2.70. The number of carbonyl (C=O) groups is 1. The summed E-state index contributed by atoms with van der Waals surface area (Å²) in [5, 5.41) is 2.82. The van der Waals surface area contributed by atoms with Crippen LogP contribution in [0.5, 0.6) is 0 Å². The average molecular weight is 306 g/mol. The maximum absolute atomic E-state index is 12.3. The second-order valence-electron chi connectivity index (χ2n) is 4.48. The quantitative estimate of drug-likeness (QED) is 0.916. The molecule has 1 saturated carbocycles. The zero-order valence-corrected chi connectivity index (χ0v) is 11.2. The monoisotopic (exact) mass is 305 g/mol. The molecule has 2 N–H and O–H groups in total. The molecular weight excluding hydrogens is 294 g/mol. The minimum atomic E-state index is -0.368. The molecule has 1 aliphatic rings. The molecule has 0 spiro atoms. The summed E-state index contributed by atoms with van der Waals surface area (Å²) in [5.41, 5.74) is 0.697. The van der Waals surface area contributed by atoms with Gasteiger partial charge in [0.1, 0.15) is 0 Å². The van der Waals surface area contributed by atoms with E-state index in [1.807, 2.05) is 24.3 Å². The van der Waals surface area contributed by atoms with Gasteiger partial charge < -0.3 is 4.98 Å². The summed E-state index contributed by atoms with van der Waals surface area (Å²) < 4.78 is 1.02. The lowest BCUT2D eigenvalue weighted by Gasteiger charge is -2.14. The maximum atomic E-state index is 12.3. The van der Waals surface area contributed by atoms with Crippen LogP contribution in [0.25, 0.3) is 0 Å². The number of amides is 1. The first-order chi connectivity index (χ1) is 8.71. The lowest BCUT2D eigenvalue weighted by atomic mass is 9.95. The van der Waals surface area contributed by atoms with Crippen molar-refractivity contribution >= 4 is 27.8 Å². The molecule has 1 heterocycles. The Bertz CT molecular complexity index is 558. The second kappa shape index (κ2) is 4.24. The number of aromatic amines is 1. The Hall–Kier alpha value is -1.62. The number of H-pyrrole nitrogens is 1. The Morgan fingerprint density at radius 3 is 2.61 bits per heavy atom. The summed E-state index contributed by atoms with van der Waals surface area (Å²) in [5.74, 6) is 0.517. The van der Waals surface area contributed by atoms with E-state index in [0.717, 1.165) is 22.9 Å². The van der Waals surface area contributed by atoms with Crippen LogP contribution < -0.4 is 5.32 Å². The Morgan fingerprint density at radius 1 is 1.33 bits per heavy atom. The van der Waals surface area contributed by atoms with Gasteiger partial charge in [0.05, 0.1) is 5.41 Å². The van der Waals surface area contributed by atoms with Crippen LogP contribution >= 0.6 is 15.9 Å². The van der Waals surface area contributed by atoms with Crippen molar-refractivity contribution < 1.29 is 4.79 Å². The molecule has 4 nitrogen and oxygen atoms in total. The van der Waals surface area contributed by atoms with Crippen molar-refractivity contribution in [3.63, 3.8) is 0 Å². The van der Waals surface area contributed by atoms with Gasteiger partial charge in [0.25, 0.3) is 0 Å². The number of rotatable bonds is 3. The van der Waals surface area contributed by atoms with Gasteiger partial charge in [-0.15, -0.1) is 0 Å². The van der Waals surface area contributed by atoms with Crippen molar-refractivity contribution in [1.82, 2.24) is 9.97 Å². The number of benzene rings is 1. The van der Waals surface area contributed by atoms with Crippen molar-refractivity contribution in [1.29, 1.82) is 0 Å². The second-order valence-corrected chi connectivity index (χ2v) is 5.40. The molecule has 0 unspecified atom stereocenters. The molecule has 1 aromatic heterocycles. The average Bonchev–Trinajstić information content (AvgIpc) is 3.03. The molecule has 1 fully saturated rings. The van der Waals surface area contributed by atoms with Gasteiger partial charge in [0.15, 0.2) is 0 Å². The van der Waals surface area contributed by atoms with Crippen LogP contribution in [-0.2, 0) is 10.2 Å². The van der Waals surface area contributed by atoms with Crippen LogP contribution in [0.3, 0.4) is 0 Å². The molecule has 0 bridgehead atoms. The van der Waals surface area contributed by atoms with Crippen LogP contribution in [-0.4, -0.2) is 15.9 Å². The van der Waals surface area contributed by atoms with Crippen LogP contribution in [0.2, 0.25) is 0 Å². The summed E-state index contributed by atoms with van der Waals surface area (Å²) in [4.78, 5) is 19.2. The van der Waals surface area contributed by atoms with Crippen LogP contribution in [0.4, 0.5) is 5.95 Å². The van der Waals surface area contributed by atoms with Crippen molar-refractivity contribution in [3.05, 3.63) is 46.7 Å². The molecule has 0 aliphatic heterocycles. The smallest absolute Gasteiger partial charge is 0.237 e. The van der Waals surface area contributed by atoms with Crippen molar-refractivity contribution in [2.24, 2.45) is 0 Å². The van der Waals surface area contributed by atoms with E-state index < -0.39 is 0 Å². The first kappa shape index (κ1) is 11.5. The SMILES string of the molecule is O=C(Nc1ncc[nH]1)C1(c2ccc(Br)cc2)CC1. The number of hydrogen-bond acceptors (Lipinski definition) is 2. The van der Waals surface area contributed by atoms with Gasteiger partial charge in [-0.3, -0.25) is 10.1 Å². The zero-order chi connectivity index (χ0) is 12.6. The number of imidazole rings is 1. The predicted molar refractivity (Wildman–Crippen MR) is 72.3 cm³/mol. The highest BCUT2D eigenvalue weighted by molar-refractivity contribution is 9.10. The molecule has 0 radical (unpaired) electrons. The fraction of sp³-hybridized carbons (Fsp3) is 0.231. The summed E-state index contributed by atoms with van der Waals surface area (Å²) in [6.07, 6.45) is 5.09. The molecule has 92 valence electrons. The number of aromatic nitrogens is 2. The highest BCUT2D eigenvalue weighted by Crippen LogP contribution is 2.49. The molecular formula is C13H12BrN3O. The maximum Gasteiger partial charge on any atom is 0.237 e. The molecule has 3 rings (SSSR count). The minimum Gasteiger partial charge on any atom is -0.331 e. The molecule has 2 aromatic rings. The van der Waals surface area contributed by atoms with Crippen LogP contribution in [0, 0.1) is 0 Å². The molecule has 18 heavy (non-hydrogen) atoms. The van der Waals surface area contributed by atoms with E-state index in [2.05, 4.69) is 31.2 Å². The van der Waals surface area contributed by atoms with Gasteiger partial charge in [0.2, 0.25) is 11.9 Å². The standard InChI is InChI=1S/C13H12BrN3O/c14-10-3-1-9(2-4-10)13(5-6-13)11(18)17-12-15-7-8-16-12/h1-4,7-8H,5-6H2,(H2,15,16,17,18). The lowest BCUT2D eigenvalue weighted by Crippen LogP contribution is -2.28. The van der Waals surface area contributed by atoms with E-state index in [-0.39, 0.29) is 11.3 Å². The van der Waals surface area contributed by atoms with E-state index >= 15 is 0 Å². The van der Waals surface area contributed by atoms with Crippen molar-refractivity contribution in [2.75, 3.05) is 5.32 Å². The van der Waals surface area contributed by atoms with Gasteiger partial charge in [-0.1, -0.05) is 28.1 Å². The van der Waals surface area contributed by atoms with E-state index in [9.17, 15) is 4.79 Å². The van der Waals surface area contributed by atoms with E-state index in [0.29, 0.717) is 5.95 Å². The third-order valence-electron chi connectivity index (χ3n) is 3.31. The first-order valence-electron chi connectivity index (χ1n) is 5.78. The van der Waals surface area contributed by atoms with E-state index in [1.165, 1.54) is 0 Å². The number of anilines is 1. The number of nitrogens with one attached hydrogen (secondary N) is 2. The third kappa shape index (κ3) is 1.95. The molecule has 1 aromatic carbocycles. The fourth-order valence-corrected chi connectivity index (χ4v) is 2.37. The zero-order valence-electron chi connectivity index (χ0n) is 9.61. The third-order valence-corrected chi connectivity index (χ3v) is 3.84. The Morgan fingerprint density at radius 2 is 2.06 bits per heavy atom. The van der Waals surface area contributed by atoms with Gasteiger partial charge in [-0.05, 0) is 30.5 Å². The minimum absolute atomic E-state index is 0.0137. The number of carbonyl (C=O) groups excluding carboxylic acids is 1. The first-order valence-corrected chi connectivity index (χ1v) is 6.57. The Labute approximate surface area is 113 Å². The number of hydrogen-bond donors (Lipinski definition) is 2. The molecule has 5 heteroatoms. The van der Waals surface area contributed by atoms with Gasteiger partial charge >= 0.3 is 0 Å². The number of halogens is 1. The normalized spacial score (nSPS) is 16.3. The highest BCUT2D eigenvalue weighted by atomic mass is 79.9. The topological polar surface area (TPSA) is 57.8 Å². The summed E-state index contributed by atoms with van der Waals surface area (Å²) in [6, 6.07) is 7.93.